The van der Waals surface area contributed by atoms with Gasteiger partial charge in [-0.05, 0) is 36.6 Å². The number of methoxy groups -OCH3 is 1. The van der Waals surface area contributed by atoms with Gasteiger partial charge in [0.2, 0.25) is 5.91 Å². The highest BCUT2D eigenvalue weighted by Crippen LogP contribution is 2.33. The number of rotatable bonds is 3. The number of nitrogens with zero attached hydrogens (tertiary/aromatic N) is 1. The van der Waals surface area contributed by atoms with Gasteiger partial charge in [-0.25, -0.2) is 0 Å². The van der Waals surface area contributed by atoms with Crippen LogP contribution in [0.15, 0.2) is 24.3 Å². The quantitative estimate of drug-likeness (QED) is 0.900. The van der Waals surface area contributed by atoms with Gasteiger partial charge in [-0.1, -0.05) is 12.1 Å². The van der Waals surface area contributed by atoms with E-state index in [1.807, 2.05) is 17.0 Å². The molecule has 1 fully saturated rings. The molecular formula is C15H22N2O2. The molecular weight excluding hydrogens is 240 g/mol. The van der Waals surface area contributed by atoms with Crippen LogP contribution >= 0.6 is 0 Å². The highest BCUT2D eigenvalue weighted by atomic mass is 16.5. The Bertz CT molecular complexity index is 448. The first-order valence-corrected chi connectivity index (χ1v) is 6.75. The number of carbonyl (C=O) groups excluding carboxylic acids is 1. The lowest BCUT2D eigenvalue weighted by Crippen LogP contribution is -2.43. The maximum absolute atomic E-state index is 11.6. The zero-order valence-electron chi connectivity index (χ0n) is 11.6. The molecule has 2 atom stereocenters. The smallest absolute Gasteiger partial charge is 0.219 e. The van der Waals surface area contributed by atoms with Gasteiger partial charge in [-0.2, -0.15) is 0 Å². The van der Waals surface area contributed by atoms with E-state index >= 15 is 0 Å². The number of ether oxygens (including phenoxy) is 1. The molecule has 1 aliphatic heterocycles. The van der Waals surface area contributed by atoms with E-state index < -0.39 is 0 Å². The van der Waals surface area contributed by atoms with Gasteiger partial charge in [0.25, 0.3) is 0 Å². The van der Waals surface area contributed by atoms with Crippen LogP contribution in [-0.4, -0.2) is 37.6 Å². The normalized spacial score (nSPS) is 23.2. The van der Waals surface area contributed by atoms with Crippen molar-refractivity contribution in [3.8, 4) is 5.75 Å². The summed E-state index contributed by atoms with van der Waals surface area (Å²) in [7, 11) is 1.67. The largest absolute Gasteiger partial charge is 0.497 e. The van der Waals surface area contributed by atoms with Crippen molar-refractivity contribution in [2.24, 2.45) is 11.7 Å². The van der Waals surface area contributed by atoms with Crippen LogP contribution < -0.4 is 10.5 Å². The first kappa shape index (κ1) is 13.9. The zero-order valence-corrected chi connectivity index (χ0v) is 11.6. The zero-order chi connectivity index (χ0) is 13.8. The highest BCUT2D eigenvalue weighted by Gasteiger charge is 2.30. The fourth-order valence-electron chi connectivity index (χ4n) is 2.82. The molecule has 1 saturated heterocycles. The minimum atomic E-state index is 0.142. The van der Waals surface area contributed by atoms with Crippen molar-refractivity contribution in [2.75, 3.05) is 26.7 Å². The number of nitrogens with two attached hydrogens (primary N) is 1. The summed E-state index contributed by atoms with van der Waals surface area (Å²) in [5, 5.41) is 0. The van der Waals surface area contributed by atoms with Crippen molar-refractivity contribution >= 4 is 5.91 Å². The fourth-order valence-corrected chi connectivity index (χ4v) is 2.82. The number of carbonyl (C=O) groups is 1. The van der Waals surface area contributed by atoms with Gasteiger partial charge in [0.1, 0.15) is 5.75 Å². The van der Waals surface area contributed by atoms with Crippen molar-refractivity contribution in [1.29, 1.82) is 0 Å². The Labute approximate surface area is 114 Å². The van der Waals surface area contributed by atoms with Crippen LogP contribution in [0.1, 0.15) is 24.8 Å². The Hall–Kier alpha value is -1.55. The van der Waals surface area contributed by atoms with Crippen LogP contribution in [0.2, 0.25) is 0 Å². The van der Waals surface area contributed by atoms with Crippen LogP contribution in [-0.2, 0) is 4.79 Å². The SMILES string of the molecule is COc1cccc(C2CN(C(C)=O)CCC2CN)c1. The van der Waals surface area contributed by atoms with Gasteiger partial charge in [-0.3, -0.25) is 4.79 Å². The van der Waals surface area contributed by atoms with Crippen LogP contribution in [0.5, 0.6) is 5.75 Å². The van der Waals surface area contributed by atoms with E-state index in [4.69, 9.17) is 10.5 Å². The molecule has 1 heterocycles. The summed E-state index contributed by atoms with van der Waals surface area (Å²) in [5.41, 5.74) is 7.10. The van der Waals surface area contributed by atoms with E-state index in [0.717, 1.165) is 25.3 Å². The lowest BCUT2D eigenvalue weighted by molar-refractivity contribution is -0.130. The first-order chi connectivity index (χ1) is 9.15. The van der Waals surface area contributed by atoms with E-state index in [-0.39, 0.29) is 5.91 Å². The Morgan fingerprint density at radius 2 is 2.32 bits per heavy atom. The first-order valence-electron chi connectivity index (χ1n) is 6.75. The molecule has 2 N–H and O–H groups in total. The van der Waals surface area contributed by atoms with Crippen molar-refractivity contribution in [3.63, 3.8) is 0 Å². The van der Waals surface area contributed by atoms with E-state index in [2.05, 4.69) is 12.1 Å². The number of piperidine rings is 1. The molecule has 0 bridgehead atoms. The van der Waals surface area contributed by atoms with Gasteiger partial charge >= 0.3 is 0 Å². The standard InChI is InChI=1S/C15H22N2O2/c1-11(18)17-7-6-13(9-16)15(10-17)12-4-3-5-14(8-12)19-2/h3-5,8,13,15H,6-7,9-10,16H2,1-2H3. The molecule has 1 amide bonds. The van der Waals surface area contributed by atoms with Gasteiger partial charge in [0.15, 0.2) is 0 Å². The Morgan fingerprint density at radius 3 is 2.95 bits per heavy atom. The molecule has 1 aliphatic rings. The lowest BCUT2D eigenvalue weighted by Gasteiger charge is -2.38. The van der Waals surface area contributed by atoms with Crippen molar-refractivity contribution in [2.45, 2.75) is 19.3 Å². The minimum Gasteiger partial charge on any atom is -0.497 e. The topological polar surface area (TPSA) is 55.6 Å². The van der Waals surface area contributed by atoms with Crippen molar-refractivity contribution < 1.29 is 9.53 Å². The van der Waals surface area contributed by atoms with Gasteiger partial charge < -0.3 is 15.4 Å². The fraction of sp³-hybridized carbons (Fsp3) is 0.533. The molecule has 0 saturated carbocycles. The van der Waals surface area contributed by atoms with Crippen LogP contribution in [0.4, 0.5) is 0 Å². The van der Waals surface area contributed by atoms with Gasteiger partial charge in [-0.15, -0.1) is 0 Å². The maximum Gasteiger partial charge on any atom is 0.219 e. The Kier molecular flexibility index (Phi) is 4.43. The predicted molar refractivity (Wildman–Crippen MR) is 75.2 cm³/mol. The number of likely N-dealkylation sites (tertiary alicyclic amines) is 1. The summed E-state index contributed by atoms with van der Waals surface area (Å²) >= 11 is 0. The molecule has 104 valence electrons. The Morgan fingerprint density at radius 1 is 1.53 bits per heavy atom. The summed E-state index contributed by atoms with van der Waals surface area (Å²) in [6, 6.07) is 8.08. The number of amides is 1. The van der Waals surface area contributed by atoms with Crippen LogP contribution in [0.3, 0.4) is 0 Å². The molecule has 0 spiro atoms. The van der Waals surface area contributed by atoms with Crippen LogP contribution in [0.25, 0.3) is 0 Å². The van der Waals surface area contributed by atoms with Crippen molar-refractivity contribution in [3.05, 3.63) is 29.8 Å². The summed E-state index contributed by atoms with van der Waals surface area (Å²) in [6.45, 7) is 3.86. The van der Waals surface area contributed by atoms with Gasteiger partial charge in [0.05, 0.1) is 7.11 Å². The third-order valence-corrected chi connectivity index (χ3v) is 4.03. The molecule has 2 unspecified atom stereocenters. The van der Waals surface area contributed by atoms with Crippen LogP contribution in [0, 0.1) is 5.92 Å². The average molecular weight is 262 g/mol. The van der Waals surface area contributed by atoms with Gasteiger partial charge in [0, 0.05) is 25.9 Å². The third kappa shape index (κ3) is 3.07. The molecule has 1 aromatic carbocycles. The van der Waals surface area contributed by atoms with E-state index in [0.29, 0.717) is 18.4 Å². The lowest BCUT2D eigenvalue weighted by atomic mass is 9.80. The summed E-state index contributed by atoms with van der Waals surface area (Å²) in [4.78, 5) is 13.5. The second-order valence-electron chi connectivity index (χ2n) is 5.13. The maximum atomic E-state index is 11.6. The van der Waals surface area contributed by atoms with Crippen molar-refractivity contribution in [1.82, 2.24) is 4.90 Å². The number of hydrogen-bond donors (Lipinski definition) is 1. The molecule has 0 aliphatic carbocycles. The van der Waals surface area contributed by atoms with E-state index in [9.17, 15) is 4.79 Å². The molecule has 19 heavy (non-hydrogen) atoms. The molecule has 0 aromatic heterocycles. The minimum absolute atomic E-state index is 0.142. The monoisotopic (exact) mass is 262 g/mol. The second-order valence-corrected chi connectivity index (χ2v) is 5.13. The predicted octanol–water partition coefficient (Wildman–Crippen LogP) is 1.61. The highest BCUT2D eigenvalue weighted by molar-refractivity contribution is 5.73. The van der Waals surface area contributed by atoms with E-state index in [1.165, 1.54) is 5.56 Å². The molecule has 1 aromatic rings. The Balaban J connectivity index is 2.24. The summed E-state index contributed by atoms with van der Waals surface area (Å²) in [5.74, 6) is 1.73. The molecule has 0 radical (unpaired) electrons. The summed E-state index contributed by atoms with van der Waals surface area (Å²) < 4.78 is 5.28. The second kappa shape index (κ2) is 6.06. The third-order valence-electron chi connectivity index (χ3n) is 4.03. The number of hydrogen-bond acceptors (Lipinski definition) is 3. The molecule has 2 rings (SSSR count). The average Bonchev–Trinajstić information content (AvgIpc) is 2.46. The van der Waals surface area contributed by atoms with E-state index in [1.54, 1.807) is 14.0 Å². The molecule has 4 nitrogen and oxygen atoms in total. The number of benzene rings is 1. The summed E-state index contributed by atoms with van der Waals surface area (Å²) in [6.07, 6.45) is 0.970. The molecule has 4 heteroatoms.